The predicted octanol–water partition coefficient (Wildman–Crippen LogP) is 2.64. The first-order chi connectivity index (χ1) is 12.6. The van der Waals surface area contributed by atoms with Gasteiger partial charge in [0.25, 0.3) is 5.56 Å². The van der Waals surface area contributed by atoms with Gasteiger partial charge in [0.2, 0.25) is 0 Å². The van der Waals surface area contributed by atoms with Crippen LogP contribution in [-0.4, -0.2) is 34.5 Å². The van der Waals surface area contributed by atoms with Gasteiger partial charge in [-0.15, -0.1) is 17.9 Å². The normalized spacial score (nSPS) is 12.1. The highest BCUT2D eigenvalue weighted by Crippen LogP contribution is 2.28. The number of benzene rings is 1. The van der Waals surface area contributed by atoms with Crippen LogP contribution in [0, 0.1) is 0 Å². The van der Waals surface area contributed by atoms with Crippen molar-refractivity contribution in [1.29, 1.82) is 0 Å². The van der Waals surface area contributed by atoms with Gasteiger partial charge in [-0.3, -0.25) is 9.36 Å². The Hall–Kier alpha value is -2.64. The third kappa shape index (κ3) is 3.95. The molecule has 0 aliphatic carbocycles. The lowest BCUT2D eigenvalue weighted by Gasteiger charge is -2.16. The smallest absolute Gasteiger partial charge is 0.262 e. The van der Waals surface area contributed by atoms with Crippen molar-refractivity contribution in [3.05, 3.63) is 64.5 Å². The molecule has 26 heavy (non-hydrogen) atoms. The van der Waals surface area contributed by atoms with Crippen LogP contribution in [-0.2, 0) is 13.0 Å². The molecule has 0 bridgehead atoms. The van der Waals surface area contributed by atoms with Crippen molar-refractivity contribution in [3.63, 3.8) is 0 Å². The molecule has 0 fully saturated rings. The number of aliphatic hydroxyl groups is 1. The number of fused-ring (bicyclic) bond motifs is 1. The van der Waals surface area contributed by atoms with E-state index in [-0.39, 0.29) is 18.7 Å². The topological polar surface area (TPSA) is 73.6 Å². The Morgan fingerprint density at radius 1 is 1.38 bits per heavy atom. The molecule has 0 aliphatic rings. The molecule has 1 unspecified atom stereocenters. The Bertz CT molecular complexity index is 964. The number of methoxy groups -OCH3 is 1. The minimum Gasteiger partial charge on any atom is -0.493 e. The monoisotopic (exact) mass is 372 g/mol. The maximum absolute atomic E-state index is 12.3. The highest BCUT2D eigenvalue weighted by atomic mass is 32.1. The van der Waals surface area contributed by atoms with E-state index in [1.807, 2.05) is 23.6 Å². The van der Waals surface area contributed by atoms with Crippen LogP contribution in [0.15, 0.2) is 53.4 Å². The summed E-state index contributed by atoms with van der Waals surface area (Å²) in [6.07, 6.45) is 3.15. The number of ether oxygens (including phenoxy) is 2. The van der Waals surface area contributed by atoms with Crippen LogP contribution in [0.2, 0.25) is 0 Å². The molecular formula is C19H20N2O4S. The van der Waals surface area contributed by atoms with Crippen molar-refractivity contribution in [2.45, 2.75) is 19.1 Å². The summed E-state index contributed by atoms with van der Waals surface area (Å²) in [6.45, 7) is 3.86. The van der Waals surface area contributed by atoms with E-state index in [1.54, 1.807) is 19.2 Å². The van der Waals surface area contributed by atoms with E-state index in [4.69, 9.17) is 9.47 Å². The summed E-state index contributed by atoms with van der Waals surface area (Å²) in [5.41, 5.74) is 0.896. The van der Waals surface area contributed by atoms with Gasteiger partial charge in [-0.2, -0.15) is 0 Å². The minimum absolute atomic E-state index is 0.0330. The Labute approximate surface area is 155 Å². The summed E-state index contributed by atoms with van der Waals surface area (Å²) >= 11 is 1.41. The Morgan fingerprint density at radius 3 is 3.00 bits per heavy atom. The number of thiophene rings is 1. The molecule has 0 saturated carbocycles. The molecule has 2 heterocycles. The minimum atomic E-state index is -0.858. The van der Waals surface area contributed by atoms with Gasteiger partial charge in [0, 0.05) is 0 Å². The molecule has 0 radical (unpaired) electrons. The number of aliphatic hydroxyl groups excluding tert-OH is 1. The molecule has 1 atom stereocenters. The van der Waals surface area contributed by atoms with Crippen molar-refractivity contribution in [2.75, 3.05) is 13.7 Å². The van der Waals surface area contributed by atoms with Crippen LogP contribution >= 0.6 is 11.3 Å². The summed E-state index contributed by atoms with van der Waals surface area (Å²) in [5, 5.41) is 12.6. The van der Waals surface area contributed by atoms with Crippen molar-refractivity contribution in [1.82, 2.24) is 9.55 Å². The molecule has 0 saturated heterocycles. The fraction of sp³-hybridized carbons (Fsp3) is 0.263. The van der Waals surface area contributed by atoms with E-state index in [9.17, 15) is 9.90 Å². The number of aromatic nitrogens is 2. The lowest BCUT2D eigenvalue weighted by atomic mass is 10.1. The second kappa shape index (κ2) is 8.16. The molecule has 1 aromatic carbocycles. The number of hydrogen-bond donors (Lipinski definition) is 1. The van der Waals surface area contributed by atoms with Crippen LogP contribution in [0.25, 0.3) is 10.2 Å². The first-order valence-electron chi connectivity index (χ1n) is 8.13. The first kappa shape index (κ1) is 18.2. The summed E-state index contributed by atoms with van der Waals surface area (Å²) < 4.78 is 12.4. The third-order valence-corrected chi connectivity index (χ3v) is 4.72. The standard InChI is InChI=1S/C19H20N2O4S/c1-3-4-13-5-6-16(17(9-13)24-2)25-11-14(22)10-21-12-20-18-15(19(21)23)7-8-26-18/h3,5-9,12,14,22H,1,4,10-11H2,2H3. The molecule has 0 amide bonds. The molecule has 6 nitrogen and oxygen atoms in total. The van der Waals surface area contributed by atoms with Crippen molar-refractivity contribution >= 4 is 21.6 Å². The molecule has 0 spiro atoms. The van der Waals surface area contributed by atoms with Crippen molar-refractivity contribution in [3.8, 4) is 11.5 Å². The van der Waals surface area contributed by atoms with E-state index < -0.39 is 6.10 Å². The fourth-order valence-corrected chi connectivity index (χ4v) is 3.34. The highest BCUT2D eigenvalue weighted by Gasteiger charge is 2.12. The Morgan fingerprint density at radius 2 is 2.23 bits per heavy atom. The molecule has 3 aromatic rings. The maximum atomic E-state index is 12.3. The Kier molecular flexibility index (Phi) is 5.70. The van der Waals surface area contributed by atoms with Gasteiger partial charge in [0.05, 0.1) is 25.4 Å². The molecular weight excluding hydrogens is 352 g/mol. The van der Waals surface area contributed by atoms with E-state index in [0.29, 0.717) is 21.7 Å². The van der Waals surface area contributed by atoms with E-state index >= 15 is 0 Å². The quantitative estimate of drug-likeness (QED) is 0.616. The van der Waals surface area contributed by atoms with Gasteiger partial charge in [-0.05, 0) is 35.6 Å². The van der Waals surface area contributed by atoms with Crippen molar-refractivity contribution < 1.29 is 14.6 Å². The lowest BCUT2D eigenvalue weighted by molar-refractivity contribution is 0.0900. The fourth-order valence-electron chi connectivity index (χ4n) is 2.61. The van der Waals surface area contributed by atoms with E-state index in [0.717, 1.165) is 12.0 Å². The van der Waals surface area contributed by atoms with Gasteiger partial charge < -0.3 is 14.6 Å². The second-order valence-electron chi connectivity index (χ2n) is 5.78. The van der Waals surface area contributed by atoms with Crippen LogP contribution in [0.1, 0.15) is 5.56 Å². The summed E-state index contributed by atoms with van der Waals surface area (Å²) in [5.74, 6) is 1.13. The summed E-state index contributed by atoms with van der Waals surface area (Å²) in [6, 6.07) is 7.34. The SMILES string of the molecule is C=CCc1ccc(OCC(O)Cn2cnc3sccc3c2=O)c(OC)c1. The van der Waals surface area contributed by atoms with Crippen LogP contribution < -0.4 is 15.0 Å². The Balaban J connectivity index is 1.66. The third-order valence-electron chi connectivity index (χ3n) is 3.90. The average molecular weight is 372 g/mol. The molecule has 3 rings (SSSR count). The van der Waals surface area contributed by atoms with E-state index in [2.05, 4.69) is 11.6 Å². The van der Waals surface area contributed by atoms with Gasteiger partial charge in [-0.1, -0.05) is 12.1 Å². The maximum Gasteiger partial charge on any atom is 0.262 e. The molecule has 2 aromatic heterocycles. The van der Waals surface area contributed by atoms with Gasteiger partial charge in [-0.25, -0.2) is 4.98 Å². The molecule has 136 valence electrons. The van der Waals surface area contributed by atoms with Gasteiger partial charge >= 0.3 is 0 Å². The molecule has 0 aliphatic heterocycles. The number of rotatable bonds is 8. The zero-order valence-electron chi connectivity index (χ0n) is 14.4. The first-order valence-corrected chi connectivity index (χ1v) is 9.01. The lowest BCUT2D eigenvalue weighted by Crippen LogP contribution is -2.30. The van der Waals surface area contributed by atoms with Crippen LogP contribution in [0.5, 0.6) is 11.5 Å². The highest BCUT2D eigenvalue weighted by molar-refractivity contribution is 7.16. The zero-order chi connectivity index (χ0) is 18.5. The molecule has 7 heteroatoms. The van der Waals surface area contributed by atoms with Gasteiger partial charge in [0.15, 0.2) is 11.5 Å². The average Bonchev–Trinajstić information content (AvgIpc) is 3.12. The van der Waals surface area contributed by atoms with Gasteiger partial charge in [0.1, 0.15) is 17.5 Å². The predicted molar refractivity (Wildman–Crippen MR) is 102 cm³/mol. The number of hydrogen-bond acceptors (Lipinski definition) is 6. The van der Waals surface area contributed by atoms with Crippen LogP contribution in [0.4, 0.5) is 0 Å². The summed E-state index contributed by atoms with van der Waals surface area (Å²) in [7, 11) is 1.57. The van der Waals surface area contributed by atoms with Crippen molar-refractivity contribution in [2.24, 2.45) is 0 Å². The van der Waals surface area contributed by atoms with Crippen LogP contribution in [0.3, 0.4) is 0 Å². The largest absolute Gasteiger partial charge is 0.493 e. The zero-order valence-corrected chi connectivity index (χ0v) is 15.2. The number of nitrogens with zero attached hydrogens (tertiary/aromatic N) is 2. The molecule has 1 N–H and O–H groups in total. The number of allylic oxidation sites excluding steroid dienone is 1. The summed E-state index contributed by atoms with van der Waals surface area (Å²) in [4.78, 5) is 17.3. The second-order valence-corrected chi connectivity index (χ2v) is 6.68. The van der Waals surface area contributed by atoms with E-state index in [1.165, 1.54) is 22.2 Å².